The van der Waals surface area contributed by atoms with Crippen molar-refractivity contribution in [1.82, 2.24) is 0 Å². The summed E-state index contributed by atoms with van der Waals surface area (Å²) in [6.45, 7) is 0. The number of fused-ring (bicyclic) bond motifs is 2. The van der Waals surface area contributed by atoms with E-state index < -0.39 is 0 Å². The van der Waals surface area contributed by atoms with E-state index in [1.807, 2.05) is 0 Å². The molecule has 0 aliphatic heterocycles. The van der Waals surface area contributed by atoms with Gasteiger partial charge in [0.25, 0.3) is 0 Å². The minimum absolute atomic E-state index is 0.346. The van der Waals surface area contributed by atoms with Crippen molar-refractivity contribution < 1.29 is 15.1 Å². The van der Waals surface area contributed by atoms with E-state index in [9.17, 15) is 0 Å². The summed E-state index contributed by atoms with van der Waals surface area (Å²) in [5.74, 6) is 0. The van der Waals surface area contributed by atoms with Crippen molar-refractivity contribution in [3.8, 4) is 0 Å². The summed E-state index contributed by atoms with van der Waals surface area (Å²) in [6, 6.07) is 0. The Morgan fingerprint density at radius 3 is 1.60 bits per heavy atom. The van der Waals surface area contributed by atoms with Crippen LogP contribution < -0.4 is 0 Å². The zero-order valence-corrected chi connectivity index (χ0v) is 8.64. The van der Waals surface area contributed by atoms with Gasteiger partial charge in [0.15, 0.2) is 0 Å². The van der Waals surface area contributed by atoms with Gasteiger partial charge in [-0.15, -0.1) is 0 Å². The fraction of sp³-hybridized carbons (Fsp3) is 0.429. The summed E-state index contributed by atoms with van der Waals surface area (Å²) < 4.78 is 0. The van der Waals surface area contributed by atoms with E-state index in [1.54, 1.807) is 11.1 Å². The van der Waals surface area contributed by atoms with E-state index >= 15 is 0 Å². The minimum atomic E-state index is -0.346. The summed E-state index contributed by atoms with van der Waals surface area (Å²) in [4.78, 5) is 0. The molecule has 0 aromatic heterocycles. The molecule has 0 saturated heterocycles. The van der Waals surface area contributed by atoms with Crippen molar-refractivity contribution in [2.45, 2.75) is 19.3 Å². The fourth-order valence-electron chi connectivity index (χ4n) is 1.31. The molecule has 0 nitrogen and oxygen atoms in total. The Balaban J connectivity index is 0.000000148. The van der Waals surface area contributed by atoms with Gasteiger partial charge in [0.1, 0.15) is 0 Å². The number of allylic oxidation sites excluding steroid dienone is 4. The van der Waals surface area contributed by atoms with Gasteiger partial charge in [0, 0.05) is 0 Å². The first-order chi connectivity index (χ1) is 4.86. The van der Waals surface area contributed by atoms with E-state index in [4.69, 9.17) is 19.4 Å². The normalized spacial score (nSPS) is 19.8. The molecule has 0 aromatic carbocycles. The average molecular weight is 264 g/mol. The van der Waals surface area contributed by atoms with Crippen LogP contribution in [0.4, 0.5) is 0 Å². The van der Waals surface area contributed by atoms with Gasteiger partial charge < -0.3 is 0 Å². The molecule has 0 atom stereocenters. The number of halogens is 2. The van der Waals surface area contributed by atoms with Gasteiger partial charge in [-0.1, -0.05) is 23.3 Å². The summed E-state index contributed by atoms with van der Waals surface area (Å²) >= 11 is -0.346. The zero-order valence-electron chi connectivity index (χ0n) is 5.39. The number of rotatable bonds is 0. The second-order valence-electron chi connectivity index (χ2n) is 2.38. The van der Waals surface area contributed by atoms with Gasteiger partial charge in [-0.05, 0) is 19.3 Å². The first-order valence-corrected chi connectivity index (χ1v) is 7.57. The van der Waals surface area contributed by atoms with Gasteiger partial charge >= 0.3 is 34.5 Å². The molecule has 0 radical (unpaired) electrons. The molecule has 0 aromatic rings. The van der Waals surface area contributed by atoms with Gasteiger partial charge in [0.05, 0.1) is 0 Å². The fourth-order valence-corrected chi connectivity index (χ4v) is 1.31. The van der Waals surface area contributed by atoms with Crippen molar-refractivity contribution in [2.75, 3.05) is 0 Å². The molecule has 0 spiro atoms. The predicted octanol–water partition coefficient (Wildman–Crippen LogP) is 3.41. The first-order valence-electron chi connectivity index (χ1n) is 3.09. The summed E-state index contributed by atoms with van der Waals surface area (Å²) in [6.07, 6.45) is 8.54. The Morgan fingerprint density at radius 2 is 1.50 bits per heavy atom. The molecule has 1 fully saturated rings. The van der Waals surface area contributed by atoms with Gasteiger partial charge in [-0.3, -0.25) is 0 Å². The van der Waals surface area contributed by atoms with Gasteiger partial charge in [-0.25, -0.2) is 0 Å². The van der Waals surface area contributed by atoms with E-state index in [0.29, 0.717) is 0 Å². The van der Waals surface area contributed by atoms with Crippen LogP contribution in [-0.2, 0) is 15.1 Å². The third-order valence-electron chi connectivity index (χ3n) is 1.78. The van der Waals surface area contributed by atoms with Crippen molar-refractivity contribution in [2.24, 2.45) is 0 Å². The second kappa shape index (κ2) is 4.54. The predicted molar refractivity (Wildman–Crippen MR) is 41.7 cm³/mol. The van der Waals surface area contributed by atoms with Crippen molar-refractivity contribution in [1.29, 1.82) is 0 Å². The molecule has 2 aliphatic rings. The molecule has 2 aliphatic carbocycles. The molecule has 0 amide bonds. The van der Waals surface area contributed by atoms with Crippen LogP contribution in [0.1, 0.15) is 19.3 Å². The molecule has 58 valence electrons. The van der Waals surface area contributed by atoms with Crippen molar-refractivity contribution in [3.63, 3.8) is 0 Å². The second-order valence-corrected chi connectivity index (χ2v) is 5.02. The van der Waals surface area contributed by atoms with Gasteiger partial charge in [0.2, 0.25) is 0 Å². The quantitative estimate of drug-likeness (QED) is 0.588. The molecular formula is C7H8Cl2Ru. The Hall–Kier alpha value is 0.683. The van der Waals surface area contributed by atoms with E-state index in [0.717, 1.165) is 0 Å². The molecular weight excluding hydrogens is 256 g/mol. The first kappa shape index (κ1) is 8.78. The SMILES string of the molecule is C1=C2CCC(=C1)C2.[Cl][Ru][Cl]. The van der Waals surface area contributed by atoms with Crippen LogP contribution in [0.25, 0.3) is 0 Å². The van der Waals surface area contributed by atoms with E-state index in [-0.39, 0.29) is 15.1 Å². The monoisotopic (exact) mass is 264 g/mol. The summed E-state index contributed by atoms with van der Waals surface area (Å²) in [7, 11) is 9.71. The van der Waals surface area contributed by atoms with Crippen LogP contribution in [0.15, 0.2) is 23.3 Å². The zero-order chi connectivity index (χ0) is 7.40. The maximum absolute atomic E-state index is 4.85. The maximum atomic E-state index is 4.85. The molecule has 0 unspecified atom stereocenters. The van der Waals surface area contributed by atoms with E-state index in [2.05, 4.69) is 12.2 Å². The Kier molecular flexibility index (Phi) is 3.98. The third kappa shape index (κ3) is 2.38. The molecule has 3 heteroatoms. The number of hydrogen-bond acceptors (Lipinski definition) is 0. The van der Waals surface area contributed by atoms with Crippen LogP contribution in [0.5, 0.6) is 0 Å². The Bertz CT molecular complexity index is 154. The molecule has 2 bridgehead atoms. The van der Waals surface area contributed by atoms with Crippen molar-refractivity contribution in [3.05, 3.63) is 23.3 Å². The standard InChI is InChI=1S/C7H8.2ClH.Ru/c1-2-7-4-3-6(1)5-7;;;/h1-2H,3-5H2;2*1H;/q;;;+2/p-2. The topological polar surface area (TPSA) is 0 Å². The Morgan fingerprint density at radius 1 is 1.10 bits per heavy atom. The van der Waals surface area contributed by atoms with E-state index in [1.165, 1.54) is 19.3 Å². The molecule has 1 saturated carbocycles. The molecule has 2 rings (SSSR count). The molecule has 10 heavy (non-hydrogen) atoms. The summed E-state index contributed by atoms with van der Waals surface area (Å²) in [5.41, 5.74) is 3.30. The van der Waals surface area contributed by atoms with Gasteiger partial charge in [-0.2, -0.15) is 0 Å². The molecule has 0 heterocycles. The van der Waals surface area contributed by atoms with Crippen LogP contribution in [0.3, 0.4) is 0 Å². The summed E-state index contributed by atoms with van der Waals surface area (Å²) in [5, 5.41) is 0. The Labute approximate surface area is 77.0 Å². The molecule has 0 N–H and O–H groups in total. The van der Waals surface area contributed by atoms with Crippen LogP contribution >= 0.6 is 19.4 Å². The average Bonchev–Trinajstić information content (AvgIpc) is 2.49. The van der Waals surface area contributed by atoms with Crippen molar-refractivity contribution >= 4 is 19.4 Å². The van der Waals surface area contributed by atoms with Crippen LogP contribution in [0.2, 0.25) is 0 Å². The van der Waals surface area contributed by atoms with Crippen LogP contribution in [-0.4, -0.2) is 0 Å². The third-order valence-corrected chi connectivity index (χ3v) is 1.78. The van der Waals surface area contributed by atoms with Crippen LogP contribution in [0, 0.1) is 0 Å². The number of hydrogen-bond donors (Lipinski definition) is 0.